The monoisotopic (exact) mass is 297 g/mol. The highest BCUT2D eigenvalue weighted by Crippen LogP contribution is 2.50. The van der Waals surface area contributed by atoms with E-state index >= 15 is 0 Å². The molecule has 0 aromatic carbocycles. The van der Waals surface area contributed by atoms with Crippen LogP contribution >= 0.6 is 0 Å². The summed E-state index contributed by atoms with van der Waals surface area (Å²) in [6.07, 6.45) is 1.11. The van der Waals surface area contributed by atoms with Gasteiger partial charge in [0.2, 0.25) is 11.8 Å². The lowest BCUT2D eigenvalue weighted by atomic mass is 9.54. The Morgan fingerprint density at radius 3 is 2.67 bits per heavy atom. The molecular formula is C15H27N3O3. The van der Waals surface area contributed by atoms with Crippen LogP contribution in [0.5, 0.6) is 0 Å². The summed E-state index contributed by atoms with van der Waals surface area (Å²) in [5.74, 6) is -0.204. The second-order valence-electron chi connectivity index (χ2n) is 6.55. The minimum Gasteiger partial charge on any atom is -0.378 e. The Kier molecular flexibility index (Phi) is 4.31. The van der Waals surface area contributed by atoms with Gasteiger partial charge in [0.25, 0.3) is 0 Å². The van der Waals surface area contributed by atoms with Crippen molar-refractivity contribution in [2.45, 2.75) is 58.2 Å². The van der Waals surface area contributed by atoms with E-state index < -0.39 is 17.0 Å². The quantitative estimate of drug-likeness (QED) is 0.779. The number of carbonyl (C=O) groups is 2. The maximum Gasteiger partial charge on any atom is 0.244 e. The smallest absolute Gasteiger partial charge is 0.244 e. The van der Waals surface area contributed by atoms with E-state index in [0.29, 0.717) is 32.5 Å². The molecule has 3 unspecified atom stereocenters. The van der Waals surface area contributed by atoms with E-state index in [4.69, 9.17) is 10.5 Å². The van der Waals surface area contributed by atoms with Gasteiger partial charge in [0.15, 0.2) is 0 Å². The Morgan fingerprint density at radius 2 is 2.14 bits per heavy atom. The molecule has 2 amide bonds. The first-order valence-electron chi connectivity index (χ1n) is 7.78. The minimum absolute atomic E-state index is 0.00450. The summed E-state index contributed by atoms with van der Waals surface area (Å²) in [7, 11) is 0. The van der Waals surface area contributed by atoms with E-state index in [0.717, 1.165) is 0 Å². The van der Waals surface area contributed by atoms with Crippen LogP contribution in [-0.4, -0.2) is 54.1 Å². The Labute approximate surface area is 126 Å². The summed E-state index contributed by atoms with van der Waals surface area (Å²) in [5.41, 5.74) is 5.06. The van der Waals surface area contributed by atoms with Crippen molar-refractivity contribution in [3.63, 3.8) is 0 Å². The molecule has 1 saturated heterocycles. The number of nitrogens with two attached hydrogens (primary N) is 1. The summed E-state index contributed by atoms with van der Waals surface area (Å²) >= 11 is 0. The van der Waals surface area contributed by atoms with Crippen LogP contribution in [0.15, 0.2) is 0 Å². The molecule has 0 spiro atoms. The number of hydrogen-bond acceptors (Lipinski definition) is 4. The van der Waals surface area contributed by atoms with Gasteiger partial charge in [-0.1, -0.05) is 20.8 Å². The molecule has 0 aromatic rings. The number of nitrogens with one attached hydrogen (secondary N) is 1. The van der Waals surface area contributed by atoms with Gasteiger partial charge in [-0.15, -0.1) is 0 Å². The summed E-state index contributed by atoms with van der Waals surface area (Å²) < 4.78 is 5.67. The van der Waals surface area contributed by atoms with Crippen LogP contribution in [0.3, 0.4) is 0 Å². The van der Waals surface area contributed by atoms with Crippen molar-refractivity contribution in [2.75, 3.05) is 19.7 Å². The highest BCUT2D eigenvalue weighted by atomic mass is 16.5. The molecule has 6 heteroatoms. The van der Waals surface area contributed by atoms with Crippen LogP contribution in [0.25, 0.3) is 0 Å². The largest absolute Gasteiger partial charge is 0.378 e. The van der Waals surface area contributed by atoms with Crippen molar-refractivity contribution in [3.05, 3.63) is 0 Å². The van der Waals surface area contributed by atoms with E-state index in [1.807, 2.05) is 27.7 Å². The Hall–Kier alpha value is -1.14. The molecule has 2 rings (SSSR count). The third-order valence-electron chi connectivity index (χ3n) is 5.19. The third-order valence-corrected chi connectivity index (χ3v) is 5.19. The fraction of sp³-hybridized carbons (Fsp3) is 0.867. The van der Waals surface area contributed by atoms with Gasteiger partial charge in [-0.3, -0.25) is 9.59 Å². The second kappa shape index (κ2) is 5.57. The van der Waals surface area contributed by atoms with E-state index in [9.17, 15) is 9.59 Å². The highest BCUT2D eigenvalue weighted by Gasteiger charge is 2.64. The average Bonchev–Trinajstić information content (AvgIpc) is 2.45. The first kappa shape index (κ1) is 16.2. The van der Waals surface area contributed by atoms with E-state index in [1.54, 1.807) is 4.90 Å². The Morgan fingerprint density at radius 1 is 1.48 bits per heavy atom. The van der Waals surface area contributed by atoms with Crippen molar-refractivity contribution in [1.29, 1.82) is 0 Å². The molecule has 2 aliphatic rings. The van der Waals surface area contributed by atoms with Gasteiger partial charge < -0.3 is 20.7 Å². The van der Waals surface area contributed by atoms with Crippen molar-refractivity contribution < 1.29 is 14.3 Å². The summed E-state index contributed by atoms with van der Waals surface area (Å²) in [5, 5.41) is 2.81. The molecule has 3 atom stereocenters. The van der Waals surface area contributed by atoms with Crippen molar-refractivity contribution in [2.24, 2.45) is 11.1 Å². The van der Waals surface area contributed by atoms with Crippen LogP contribution in [0.2, 0.25) is 0 Å². The van der Waals surface area contributed by atoms with Crippen LogP contribution in [0.4, 0.5) is 0 Å². The fourth-order valence-corrected chi connectivity index (χ4v) is 3.42. The zero-order chi connectivity index (χ0) is 15.8. The number of carbonyl (C=O) groups excluding carboxylic acids is 2. The van der Waals surface area contributed by atoms with Gasteiger partial charge in [-0.25, -0.2) is 0 Å². The van der Waals surface area contributed by atoms with E-state index in [1.165, 1.54) is 0 Å². The molecular weight excluding hydrogens is 270 g/mol. The van der Waals surface area contributed by atoms with Gasteiger partial charge in [-0.05, 0) is 13.3 Å². The fourth-order valence-electron chi connectivity index (χ4n) is 3.42. The molecule has 1 aliphatic heterocycles. The zero-order valence-electron chi connectivity index (χ0n) is 13.4. The first-order valence-corrected chi connectivity index (χ1v) is 7.78. The number of hydrogen-bond donors (Lipinski definition) is 2. The molecule has 1 heterocycles. The number of amides is 2. The molecule has 0 radical (unpaired) electrons. The molecule has 3 N–H and O–H groups in total. The van der Waals surface area contributed by atoms with Crippen molar-refractivity contribution in [1.82, 2.24) is 10.2 Å². The summed E-state index contributed by atoms with van der Waals surface area (Å²) in [4.78, 5) is 26.5. The van der Waals surface area contributed by atoms with Crippen LogP contribution in [0, 0.1) is 5.41 Å². The molecule has 1 aliphatic carbocycles. The third kappa shape index (κ3) is 2.34. The van der Waals surface area contributed by atoms with Gasteiger partial charge in [-0.2, -0.15) is 0 Å². The molecule has 6 nitrogen and oxygen atoms in total. The van der Waals surface area contributed by atoms with Gasteiger partial charge in [0.1, 0.15) is 11.6 Å². The van der Waals surface area contributed by atoms with E-state index in [-0.39, 0.29) is 17.9 Å². The first-order chi connectivity index (χ1) is 9.79. The standard InChI is InChI=1S/C15H27N3O3/c1-5-10-12(19)17-7-8-18(10)13(20)15(16)9-11(21-6-2)14(15,3)4/h10-11H,5-9,16H2,1-4H3,(H,17,19). The molecule has 21 heavy (non-hydrogen) atoms. The predicted octanol–water partition coefficient (Wildman–Crippen LogP) is 0.256. The maximum absolute atomic E-state index is 12.9. The molecule has 0 bridgehead atoms. The number of piperazine rings is 1. The Balaban J connectivity index is 2.18. The normalized spacial score (nSPS) is 35.1. The van der Waals surface area contributed by atoms with Gasteiger partial charge in [0.05, 0.1) is 6.10 Å². The number of ether oxygens (including phenoxy) is 1. The highest BCUT2D eigenvalue weighted by molar-refractivity contribution is 5.94. The maximum atomic E-state index is 12.9. The lowest BCUT2D eigenvalue weighted by Crippen LogP contribution is -2.77. The number of rotatable bonds is 4. The minimum atomic E-state index is -0.947. The number of nitrogens with zero attached hydrogens (tertiary/aromatic N) is 1. The lowest BCUT2D eigenvalue weighted by Gasteiger charge is -2.59. The summed E-state index contributed by atoms with van der Waals surface area (Å²) in [6.45, 7) is 9.43. The van der Waals surface area contributed by atoms with Crippen molar-refractivity contribution in [3.8, 4) is 0 Å². The average molecular weight is 297 g/mol. The lowest BCUT2D eigenvalue weighted by molar-refractivity contribution is -0.182. The van der Waals surface area contributed by atoms with Crippen molar-refractivity contribution >= 4 is 11.8 Å². The topological polar surface area (TPSA) is 84.7 Å². The second-order valence-corrected chi connectivity index (χ2v) is 6.55. The van der Waals surface area contributed by atoms with Crippen LogP contribution in [-0.2, 0) is 14.3 Å². The van der Waals surface area contributed by atoms with Gasteiger partial charge >= 0.3 is 0 Å². The Bertz CT molecular complexity index is 438. The SMILES string of the molecule is CCOC1CC(N)(C(=O)N2CCNC(=O)C2CC)C1(C)C. The predicted molar refractivity (Wildman–Crippen MR) is 79.5 cm³/mol. The molecule has 120 valence electrons. The van der Waals surface area contributed by atoms with Crippen LogP contribution in [0.1, 0.15) is 40.5 Å². The summed E-state index contributed by atoms with van der Waals surface area (Å²) in [6, 6.07) is -0.409. The molecule has 0 aromatic heterocycles. The van der Waals surface area contributed by atoms with E-state index in [2.05, 4.69) is 5.32 Å². The molecule has 1 saturated carbocycles. The van der Waals surface area contributed by atoms with Gasteiger partial charge in [0, 0.05) is 31.5 Å². The molecule has 2 fully saturated rings. The zero-order valence-corrected chi connectivity index (χ0v) is 13.4. The van der Waals surface area contributed by atoms with Crippen LogP contribution < -0.4 is 11.1 Å².